The fourth-order valence-corrected chi connectivity index (χ4v) is 2.59. The normalized spacial score (nSPS) is 15.6. The zero-order valence-electron chi connectivity index (χ0n) is 12.1. The lowest BCUT2D eigenvalue weighted by atomic mass is 9.93. The van der Waals surface area contributed by atoms with E-state index < -0.39 is 11.8 Å². The highest BCUT2D eigenvalue weighted by Crippen LogP contribution is 2.30. The first-order chi connectivity index (χ1) is 10.6. The standard InChI is InChI=1S/C18H15NO3/c1-2-11-6-5-7-12(16(11)20)10-15-13-8-3-4-9-14(13)17(21)19-18(15)22/h3-10,20H,2H2,1H3,(H,19,21,22)/b15-10-. The lowest BCUT2D eigenvalue weighted by Crippen LogP contribution is -2.36. The maximum atomic E-state index is 12.2. The lowest BCUT2D eigenvalue weighted by Gasteiger charge is -2.18. The molecule has 0 aliphatic carbocycles. The SMILES string of the molecule is CCc1cccc(/C=C2\C(=O)NC(=O)c3ccccc32)c1O. The molecule has 2 N–H and O–H groups in total. The summed E-state index contributed by atoms with van der Waals surface area (Å²) in [4.78, 5) is 24.0. The van der Waals surface area contributed by atoms with Gasteiger partial charge in [0.1, 0.15) is 5.75 Å². The first-order valence-electron chi connectivity index (χ1n) is 7.09. The molecule has 2 aromatic carbocycles. The number of amides is 2. The second-order valence-corrected chi connectivity index (χ2v) is 5.10. The average Bonchev–Trinajstić information content (AvgIpc) is 2.53. The molecular formula is C18H15NO3. The van der Waals surface area contributed by atoms with E-state index in [1.54, 1.807) is 36.4 Å². The van der Waals surface area contributed by atoms with Gasteiger partial charge < -0.3 is 5.11 Å². The zero-order chi connectivity index (χ0) is 15.7. The van der Waals surface area contributed by atoms with Crippen molar-refractivity contribution in [3.63, 3.8) is 0 Å². The van der Waals surface area contributed by atoms with E-state index in [0.717, 1.165) is 5.56 Å². The molecule has 0 radical (unpaired) electrons. The van der Waals surface area contributed by atoms with Crippen molar-refractivity contribution in [1.29, 1.82) is 0 Å². The molecule has 2 amide bonds. The topological polar surface area (TPSA) is 66.4 Å². The van der Waals surface area contributed by atoms with Crippen LogP contribution in [-0.2, 0) is 11.2 Å². The van der Waals surface area contributed by atoms with Crippen LogP contribution in [-0.4, -0.2) is 16.9 Å². The molecule has 1 aliphatic heterocycles. The zero-order valence-corrected chi connectivity index (χ0v) is 12.1. The van der Waals surface area contributed by atoms with Gasteiger partial charge in [-0.1, -0.05) is 43.3 Å². The summed E-state index contributed by atoms with van der Waals surface area (Å²) in [5.41, 5.74) is 2.79. The molecule has 0 unspecified atom stereocenters. The maximum Gasteiger partial charge on any atom is 0.258 e. The van der Waals surface area contributed by atoms with Crippen molar-refractivity contribution in [3.8, 4) is 5.75 Å². The number of rotatable bonds is 2. The Morgan fingerprint density at radius 3 is 2.45 bits per heavy atom. The second kappa shape index (κ2) is 5.48. The molecule has 0 spiro atoms. The average molecular weight is 293 g/mol. The number of hydrogen-bond donors (Lipinski definition) is 2. The van der Waals surface area contributed by atoms with Gasteiger partial charge in [0.05, 0.1) is 0 Å². The van der Waals surface area contributed by atoms with Crippen molar-refractivity contribution in [2.45, 2.75) is 13.3 Å². The van der Waals surface area contributed by atoms with Gasteiger partial charge in [0.25, 0.3) is 11.8 Å². The van der Waals surface area contributed by atoms with Gasteiger partial charge in [-0.05, 0) is 29.7 Å². The number of benzene rings is 2. The third kappa shape index (κ3) is 2.29. The summed E-state index contributed by atoms with van der Waals surface area (Å²) >= 11 is 0. The number of nitrogens with one attached hydrogen (secondary N) is 1. The van der Waals surface area contributed by atoms with E-state index in [4.69, 9.17) is 0 Å². The van der Waals surface area contributed by atoms with Gasteiger partial charge in [-0.2, -0.15) is 0 Å². The summed E-state index contributed by atoms with van der Waals surface area (Å²) in [6, 6.07) is 12.4. The molecule has 0 atom stereocenters. The van der Waals surface area contributed by atoms with E-state index >= 15 is 0 Å². The number of para-hydroxylation sites is 1. The van der Waals surface area contributed by atoms with E-state index in [0.29, 0.717) is 28.7 Å². The lowest BCUT2D eigenvalue weighted by molar-refractivity contribution is -0.114. The molecule has 0 fully saturated rings. The predicted octanol–water partition coefficient (Wildman–Crippen LogP) is 2.77. The van der Waals surface area contributed by atoms with Gasteiger partial charge in [0.15, 0.2) is 0 Å². The van der Waals surface area contributed by atoms with Gasteiger partial charge in [-0.25, -0.2) is 0 Å². The largest absolute Gasteiger partial charge is 0.507 e. The number of hydrogen-bond acceptors (Lipinski definition) is 3. The molecule has 4 nitrogen and oxygen atoms in total. The Hall–Kier alpha value is -2.88. The second-order valence-electron chi connectivity index (χ2n) is 5.10. The van der Waals surface area contributed by atoms with Crippen LogP contribution >= 0.6 is 0 Å². The summed E-state index contributed by atoms with van der Waals surface area (Å²) in [5.74, 6) is -0.686. The molecular weight excluding hydrogens is 278 g/mol. The van der Waals surface area contributed by atoms with Crippen LogP contribution in [0.5, 0.6) is 5.75 Å². The number of aryl methyl sites for hydroxylation is 1. The highest BCUT2D eigenvalue weighted by molar-refractivity contribution is 6.34. The Morgan fingerprint density at radius 1 is 1.00 bits per heavy atom. The predicted molar refractivity (Wildman–Crippen MR) is 84.3 cm³/mol. The Morgan fingerprint density at radius 2 is 1.73 bits per heavy atom. The van der Waals surface area contributed by atoms with Crippen molar-refractivity contribution in [1.82, 2.24) is 5.32 Å². The minimum atomic E-state index is -0.454. The first kappa shape index (κ1) is 14.1. The fourth-order valence-electron chi connectivity index (χ4n) is 2.59. The van der Waals surface area contributed by atoms with Crippen LogP contribution in [0.1, 0.15) is 34.0 Å². The molecule has 0 aromatic heterocycles. The van der Waals surface area contributed by atoms with E-state index in [1.807, 2.05) is 19.1 Å². The third-order valence-corrected chi connectivity index (χ3v) is 3.77. The molecule has 22 heavy (non-hydrogen) atoms. The molecule has 4 heteroatoms. The molecule has 3 rings (SSSR count). The third-order valence-electron chi connectivity index (χ3n) is 3.77. The van der Waals surface area contributed by atoms with Gasteiger partial charge >= 0.3 is 0 Å². The number of carbonyl (C=O) groups excluding carboxylic acids is 2. The fraction of sp³-hybridized carbons (Fsp3) is 0.111. The van der Waals surface area contributed by atoms with E-state index in [9.17, 15) is 14.7 Å². The van der Waals surface area contributed by atoms with Crippen LogP contribution in [0.2, 0.25) is 0 Å². The molecule has 0 saturated carbocycles. The summed E-state index contributed by atoms with van der Waals surface area (Å²) in [6.45, 7) is 1.95. The molecule has 1 aliphatic rings. The molecule has 1 heterocycles. The van der Waals surface area contributed by atoms with Crippen LogP contribution in [0.15, 0.2) is 42.5 Å². The molecule has 2 aromatic rings. The van der Waals surface area contributed by atoms with Crippen LogP contribution in [0, 0.1) is 0 Å². The summed E-state index contributed by atoms with van der Waals surface area (Å²) < 4.78 is 0. The van der Waals surface area contributed by atoms with Crippen LogP contribution in [0.25, 0.3) is 11.6 Å². The minimum Gasteiger partial charge on any atom is -0.507 e. The Labute approximate surface area is 128 Å². The van der Waals surface area contributed by atoms with Gasteiger partial charge in [0, 0.05) is 16.7 Å². The van der Waals surface area contributed by atoms with Crippen LogP contribution in [0.3, 0.4) is 0 Å². The minimum absolute atomic E-state index is 0.166. The maximum absolute atomic E-state index is 12.2. The Bertz CT molecular complexity index is 806. The molecule has 0 bridgehead atoms. The van der Waals surface area contributed by atoms with E-state index in [-0.39, 0.29) is 5.75 Å². The summed E-state index contributed by atoms with van der Waals surface area (Å²) in [5, 5.41) is 12.6. The van der Waals surface area contributed by atoms with Gasteiger partial charge in [-0.3, -0.25) is 14.9 Å². The number of aromatic hydroxyl groups is 1. The van der Waals surface area contributed by atoms with Crippen LogP contribution < -0.4 is 5.32 Å². The van der Waals surface area contributed by atoms with Crippen molar-refractivity contribution in [2.24, 2.45) is 0 Å². The summed E-state index contributed by atoms with van der Waals surface area (Å²) in [6.07, 6.45) is 2.32. The highest BCUT2D eigenvalue weighted by Gasteiger charge is 2.26. The summed E-state index contributed by atoms with van der Waals surface area (Å²) in [7, 11) is 0. The highest BCUT2D eigenvalue weighted by atomic mass is 16.3. The van der Waals surface area contributed by atoms with E-state index in [1.165, 1.54) is 0 Å². The van der Waals surface area contributed by atoms with E-state index in [2.05, 4.69) is 5.32 Å². The number of phenols is 1. The van der Waals surface area contributed by atoms with Crippen molar-refractivity contribution >= 4 is 23.5 Å². The molecule has 0 saturated heterocycles. The van der Waals surface area contributed by atoms with Crippen molar-refractivity contribution in [3.05, 3.63) is 64.7 Å². The first-order valence-corrected chi connectivity index (χ1v) is 7.09. The number of phenolic OH excluding ortho intramolecular Hbond substituents is 1. The van der Waals surface area contributed by atoms with Crippen molar-refractivity contribution in [2.75, 3.05) is 0 Å². The van der Waals surface area contributed by atoms with Crippen LogP contribution in [0.4, 0.5) is 0 Å². The van der Waals surface area contributed by atoms with Gasteiger partial charge in [0.2, 0.25) is 0 Å². The Kier molecular flexibility index (Phi) is 3.51. The monoisotopic (exact) mass is 293 g/mol. The molecule has 110 valence electrons. The number of fused-ring (bicyclic) bond motifs is 1. The van der Waals surface area contributed by atoms with Crippen molar-refractivity contribution < 1.29 is 14.7 Å². The quantitative estimate of drug-likeness (QED) is 0.661. The smallest absolute Gasteiger partial charge is 0.258 e. The number of imide groups is 1. The Balaban J connectivity index is 2.17. The van der Waals surface area contributed by atoms with Gasteiger partial charge in [-0.15, -0.1) is 0 Å². The number of carbonyl (C=O) groups is 2.